The van der Waals surface area contributed by atoms with E-state index in [4.69, 9.17) is 23.9 Å². The number of methoxy groups -OCH3 is 1. The van der Waals surface area contributed by atoms with Crippen LogP contribution in [-0.4, -0.2) is 122 Å². The zero-order chi connectivity index (χ0) is 46.4. The number of anilines is 1. The first-order chi connectivity index (χ1) is 30.1. The van der Waals surface area contributed by atoms with Crippen LogP contribution < -0.4 is 29.7 Å². The Labute approximate surface area is 371 Å². The lowest BCUT2D eigenvalue weighted by Gasteiger charge is -2.35. The standard InChI is InChI=1S/C44H59F3N6O10S/c1-7-27-20-26(2)10-8-9-11-28-23-43(28,39(56)51-64(58,59)42(5)14-15-42)50-36(54)33-22-30(25-53(33)38(55)35(27)49-40(57)63-41(3,4)44(45,46)47)62-37-31-13-12-29(60-6)21-32(31)34(24-48-37)52-16-18-61-19-17-52/h9,11-13,21,24,26-28,30,33,35H,7-8,10,14-20,22-23,25H2,1-6H3,(H,49,57)(H,50,54)(H,51,56)/b11-9-/t26-,27+,28+,30+,33-,35-,43+/m0/s1. The number of morpholine rings is 1. The summed E-state index contributed by atoms with van der Waals surface area (Å²) in [6.45, 7) is 8.80. The van der Waals surface area contributed by atoms with Crippen molar-refractivity contribution < 1.29 is 59.7 Å². The molecule has 0 spiro atoms. The molecule has 7 atom stereocenters. The number of allylic oxidation sites excluding steroid dienone is 1. The molecule has 2 aromatic rings. The van der Waals surface area contributed by atoms with E-state index in [1.165, 1.54) is 4.90 Å². The molecule has 3 N–H and O–H groups in total. The number of hydrogen-bond donors (Lipinski definition) is 3. The Kier molecular flexibility index (Phi) is 13.1. The number of pyridine rings is 1. The van der Waals surface area contributed by atoms with E-state index in [1.54, 1.807) is 45.4 Å². The van der Waals surface area contributed by atoms with Gasteiger partial charge < -0.3 is 39.4 Å². The summed E-state index contributed by atoms with van der Waals surface area (Å²) < 4.78 is 92.0. The average molecular weight is 921 g/mol. The monoisotopic (exact) mass is 920 g/mol. The molecule has 64 heavy (non-hydrogen) atoms. The van der Waals surface area contributed by atoms with Crippen LogP contribution in [0, 0.1) is 17.8 Å². The van der Waals surface area contributed by atoms with Gasteiger partial charge in [0.1, 0.15) is 29.5 Å². The summed E-state index contributed by atoms with van der Waals surface area (Å²) in [5.41, 5.74) is -3.73. The molecule has 2 aliphatic carbocycles. The largest absolute Gasteiger partial charge is 0.497 e. The summed E-state index contributed by atoms with van der Waals surface area (Å²) in [5.74, 6) is -2.84. The van der Waals surface area contributed by atoms with Gasteiger partial charge >= 0.3 is 12.3 Å². The molecule has 16 nitrogen and oxygen atoms in total. The van der Waals surface area contributed by atoms with Crippen LogP contribution in [-0.2, 0) is 33.9 Å². The highest BCUT2D eigenvalue weighted by Crippen LogP contribution is 2.48. The van der Waals surface area contributed by atoms with E-state index in [0.717, 1.165) is 11.1 Å². The number of ether oxygens (including phenoxy) is 4. The molecule has 20 heteroatoms. The van der Waals surface area contributed by atoms with Gasteiger partial charge in [0, 0.05) is 36.2 Å². The molecule has 2 saturated carbocycles. The predicted molar refractivity (Wildman–Crippen MR) is 229 cm³/mol. The minimum absolute atomic E-state index is 0.0419. The number of hydrogen-bond acceptors (Lipinski definition) is 12. The van der Waals surface area contributed by atoms with Gasteiger partial charge in [-0.05, 0) is 89.3 Å². The molecule has 352 valence electrons. The summed E-state index contributed by atoms with van der Waals surface area (Å²) in [6.07, 6.45) is 0.668. The van der Waals surface area contributed by atoms with E-state index >= 15 is 4.79 Å². The van der Waals surface area contributed by atoms with Crippen LogP contribution in [0.4, 0.5) is 23.7 Å². The lowest BCUT2D eigenvalue weighted by atomic mass is 9.85. The molecule has 4 fully saturated rings. The number of carbonyl (C=O) groups excluding carboxylic acids is 4. The van der Waals surface area contributed by atoms with E-state index < -0.39 is 85.9 Å². The minimum atomic E-state index is -4.92. The zero-order valence-electron chi connectivity index (χ0n) is 37.1. The van der Waals surface area contributed by atoms with Crippen LogP contribution in [0.1, 0.15) is 86.0 Å². The van der Waals surface area contributed by atoms with Gasteiger partial charge in [-0.1, -0.05) is 32.4 Å². The van der Waals surface area contributed by atoms with Crippen molar-refractivity contribution in [3.8, 4) is 11.6 Å². The Morgan fingerprint density at radius 1 is 1.09 bits per heavy atom. The highest BCUT2D eigenvalue weighted by Gasteiger charge is 2.63. The minimum Gasteiger partial charge on any atom is -0.497 e. The van der Waals surface area contributed by atoms with Crippen LogP contribution in [0.15, 0.2) is 36.5 Å². The lowest BCUT2D eigenvalue weighted by molar-refractivity contribution is -0.244. The second-order valence-electron chi connectivity index (χ2n) is 18.6. The number of alkyl halides is 3. The third-order valence-electron chi connectivity index (χ3n) is 13.6. The molecule has 5 aliphatic rings. The SMILES string of the molecule is CC[C@@H]1C[C@@H](C)CC/C=C\[C@@H]2C[C@@]2(C(=O)NS(=O)(=O)C2(C)CC2)NC(=O)[C@@H]2C[C@@H](Oc3ncc(N4CCOCC4)c4cc(OC)ccc34)CN2C(=O)[C@H]1NC(=O)OC(C)(C)C(F)(F)F. The van der Waals surface area contributed by atoms with E-state index in [1.807, 2.05) is 19.1 Å². The van der Waals surface area contributed by atoms with Gasteiger partial charge in [0.2, 0.25) is 33.3 Å². The van der Waals surface area contributed by atoms with Crippen LogP contribution in [0.25, 0.3) is 10.8 Å². The fourth-order valence-corrected chi connectivity index (χ4v) is 10.2. The van der Waals surface area contributed by atoms with E-state index in [-0.39, 0.29) is 31.2 Å². The number of nitrogens with zero attached hydrogens (tertiary/aromatic N) is 3. The Balaban J connectivity index is 1.25. The van der Waals surface area contributed by atoms with Gasteiger partial charge in [-0.15, -0.1) is 0 Å². The third kappa shape index (κ3) is 9.58. The van der Waals surface area contributed by atoms with E-state index in [2.05, 4.69) is 20.3 Å². The van der Waals surface area contributed by atoms with Crippen molar-refractivity contribution in [3.63, 3.8) is 0 Å². The number of amides is 4. The quantitative estimate of drug-likeness (QED) is 0.266. The first kappa shape index (κ1) is 47.1. The molecule has 1 aromatic carbocycles. The van der Waals surface area contributed by atoms with Crippen molar-refractivity contribution in [2.24, 2.45) is 17.8 Å². The number of alkyl carbamates (subject to hydrolysis) is 1. The van der Waals surface area contributed by atoms with Crippen LogP contribution in [0.5, 0.6) is 11.6 Å². The van der Waals surface area contributed by atoms with Gasteiger partial charge in [0.15, 0.2) is 0 Å². The summed E-state index contributed by atoms with van der Waals surface area (Å²) in [5, 5.41) is 6.68. The summed E-state index contributed by atoms with van der Waals surface area (Å²) >= 11 is 0. The maximum absolute atomic E-state index is 15.1. The zero-order valence-corrected chi connectivity index (χ0v) is 37.9. The predicted octanol–water partition coefficient (Wildman–Crippen LogP) is 5.14. The number of nitrogens with one attached hydrogen (secondary N) is 3. The molecule has 2 saturated heterocycles. The van der Waals surface area contributed by atoms with Crippen molar-refractivity contribution in [2.45, 2.75) is 126 Å². The van der Waals surface area contributed by atoms with Crippen molar-refractivity contribution in [1.82, 2.24) is 25.2 Å². The summed E-state index contributed by atoms with van der Waals surface area (Å²) in [7, 11) is -2.54. The van der Waals surface area contributed by atoms with Gasteiger partial charge in [0.05, 0.1) is 43.5 Å². The van der Waals surface area contributed by atoms with E-state index in [0.29, 0.717) is 89.8 Å². The highest BCUT2D eigenvalue weighted by atomic mass is 32.2. The molecular weight excluding hydrogens is 862 g/mol. The number of halogens is 3. The number of fused-ring (bicyclic) bond motifs is 3. The summed E-state index contributed by atoms with van der Waals surface area (Å²) in [6, 6.07) is 2.64. The average Bonchev–Trinajstić information content (AvgIpc) is 4.13. The number of benzene rings is 1. The van der Waals surface area contributed by atoms with Gasteiger partial charge in [-0.2, -0.15) is 13.2 Å². The molecular formula is C44H59F3N6O10S. The topological polar surface area (TPSA) is 195 Å². The molecule has 7 rings (SSSR count). The smallest absolute Gasteiger partial charge is 0.427 e. The number of aromatic nitrogens is 1. The van der Waals surface area contributed by atoms with Crippen molar-refractivity contribution in [2.75, 3.05) is 44.9 Å². The Hall–Kier alpha value is -4.85. The second kappa shape index (κ2) is 17.9. The van der Waals surface area contributed by atoms with Crippen LogP contribution in [0.3, 0.4) is 0 Å². The normalized spacial score (nSPS) is 29.3. The van der Waals surface area contributed by atoms with Crippen molar-refractivity contribution >= 4 is 50.3 Å². The maximum atomic E-state index is 15.1. The van der Waals surface area contributed by atoms with Gasteiger partial charge in [-0.3, -0.25) is 19.1 Å². The molecule has 0 unspecified atom stereocenters. The van der Waals surface area contributed by atoms with E-state index in [9.17, 15) is 36.0 Å². The Bertz CT molecular complexity index is 2270. The van der Waals surface area contributed by atoms with Crippen LogP contribution in [0.2, 0.25) is 0 Å². The Morgan fingerprint density at radius 3 is 2.47 bits per heavy atom. The fourth-order valence-electron chi connectivity index (χ4n) is 8.88. The third-order valence-corrected chi connectivity index (χ3v) is 15.7. The summed E-state index contributed by atoms with van der Waals surface area (Å²) in [4.78, 5) is 65.3. The number of carbonyl (C=O) groups is 4. The molecule has 1 aromatic heterocycles. The van der Waals surface area contributed by atoms with Gasteiger partial charge in [-0.25, -0.2) is 18.2 Å². The molecule has 4 heterocycles. The molecule has 3 aliphatic heterocycles. The molecule has 0 bridgehead atoms. The fraction of sp³-hybridized carbons (Fsp3) is 0.659. The van der Waals surface area contributed by atoms with Crippen molar-refractivity contribution in [1.29, 1.82) is 0 Å². The van der Waals surface area contributed by atoms with Crippen LogP contribution >= 0.6 is 0 Å². The maximum Gasteiger partial charge on any atom is 0.427 e. The first-order valence-electron chi connectivity index (χ1n) is 22.0. The molecule has 4 amide bonds. The second-order valence-corrected chi connectivity index (χ2v) is 20.8. The van der Waals surface area contributed by atoms with Crippen molar-refractivity contribution in [3.05, 3.63) is 36.5 Å². The number of rotatable bonds is 10. The van der Waals surface area contributed by atoms with Gasteiger partial charge in [0.25, 0.3) is 5.91 Å². The number of sulfonamides is 1. The lowest BCUT2D eigenvalue weighted by Crippen LogP contribution is -2.60. The Morgan fingerprint density at radius 2 is 1.81 bits per heavy atom. The first-order valence-corrected chi connectivity index (χ1v) is 23.5. The highest BCUT2D eigenvalue weighted by molar-refractivity contribution is 7.91. The molecule has 0 radical (unpaired) electrons.